The first-order valence-corrected chi connectivity index (χ1v) is 8.68. The van der Waals surface area contributed by atoms with Crippen LogP contribution in [0.3, 0.4) is 0 Å². The van der Waals surface area contributed by atoms with Crippen LogP contribution in [-0.2, 0) is 4.74 Å². The smallest absolute Gasteiger partial charge is 0.123 e. The van der Waals surface area contributed by atoms with E-state index >= 15 is 0 Å². The molecule has 0 unspecified atom stereocenters. The maximum Gasteiger partial charge on any atom is 0.123 e. The van der Waals surface area contributed by atoms with Crippen molar-refractivity contribution in [3.63, 3.8) is 0 Å². The van der Waals surface area contributed by atoms with Gasteiger partial charge in [0.1, 0.15) is 11.4 Å². The number of fused-ring (bicyclic) bond motifs is 1. The van der Waals surface area contributed by atoms with E-state index in [0.717, 1.165) is 50.9 Å². The van der Waals surface area contributed by atoms with Gasteiger partial charge in [0.05, 0.1) is 11.6 Å². The summed E-state index contributed by atoms with van der Waals surface area (Å²) in [5, 5.41) is 18.5. The fraction of sp³-hybridized carbons (Fsp3) is 0.667. The molecule has 1 aliphatic heterocycles. The molecule has 2 aliphatic rings. The number of anilines is 1. The van der Waals surface area contributed by atoms with Crippen LogP contribution < -0.4 is 10.6 Å². The van der Waals surface area contributed by atoms with Crippen LogP contribution in [0.25, 0.3) is 0 Å². The molecule has 3 rings (SSSR count). The van der Waals surface area contributed by atoms with E-state index in [1.807, 2.05) is 0 Å². The summed E-state index contributed by atoms with van der Waals surface area (Å²) in [6.07, 6.45) is 4.25. The summed E-state index contributed by atoms with van der Waals surface area (Å²) in [6, 6.07) is 6.37. The van der Waals surface area contributed by atoms with Crippen molar-refractivity contribution in [2.75, 3.05) is 25.0 Å². The van der Waals surface area contributed by atoms with Gasteiger partial charge in [-0.15, -0.1) is 0 Å². The van der Waals surface area contributed by atoms with Gasteiger partial charge in [-0.05, 0) is 62.9 Å². The Balaban J connectivity index is 1.92. The Morgan fingerprint density at radius 1 is 1.26 bits per heavy atom. The van der Waals surface area contributed by atoms with Gasteiger partial charge in [-0.1, -0.05) is 6.92 Å². The molecule has 4 nitrogen and oxygen atoms in total. The average molecular weight is 322 g/mol. The van der Waals surface area contributed by atoms with Gasteiger partial charge in [-0.25, -0.2) is 4.39 Å². The number of rotatable bonds is 5. The van der Waals surface area contributed by atoms with E-state index in [2.05, 4.69) is 17.6 Å². The van der Waals surface area contributed by atoms with Crippen molar-refractivity contribution in [3.8, 4) is 0 Å². The number of aliphatic hydroxyl groups is 1. The van der Waals surface area contributed by atoms with Crippen LogP contribution in [0.4, 0.5) is 10.1 Å². The summed E-state index contributed by atoms with van der Waals surface area (Å²) in [5.74, 6) is -0.252. The summed E-state index contributed by atoms with van der Waals surface area (Å²) >= 11 is 0. The third-order valence-electron chi connectivity index (χ3n) is 5.36. The van der Waals surface area contributed by atoms with Gasteiger partial charge in [0, 0.05) is 18.8 Å². The van der Waals surface area contributed by atoms with E-state index in [1.165, 1.54) is 12.1 Å². The predicted molar refractivity (Wildman–Crippen MR) is 89.1 cm³/mol. The number of benzene rings is 1. The van der Waals surface area contributed by atoms with Gasteiger partial charge >= 0.3 is 0 Å². The molecule has 1 aliphatic carbocycles. The molecular formula is C18H27FN2O2. The maximum absolute atomic E-state index is 13.2. The van der Waals surface area contributed by atoms with Crippen molar-refractivity contribution in [1.29, 1.82) is 0 Å². The van der Waals surface area contributed by atoms with E-state index in [4.69, 9.17) is 4.74 Å². The third-order valence-corrected chi connectivity index (χ3v) is 5.36. The molecule has 0 radical (unpaired) electrons. The molecule has 3 atom stereocenters. The van der Waals surface area contributed by atoms with Crippen molar-refractivity contribution in [2.24, 2.45) is 0 Å². The van der Waals surface area contributed by atoms with Crippen LogP contribution in [0.5, 0.6) is 0 Å². The standard InChI is InChI=1S/C18H27FN2O2/c1-2-20-13-17(21-15-8-6-14(19)7-9-15)10-3-5-16-18(17,22)11-4-12-23-16/h6-9,16,20-22H,2-5,10-13H2,1H3/t16-,17+,18+/m1/s1. The fourth-order valence-corrected chi connectivity index (χ4v) is 4.15. The van der Waals surface area contributed by atoms with Crippen LogP contribution in [0.2, 0.25) is 0 Å². The van der Waals surface area contributed by atoms with Gasteiger partial charge in [-0.2, -0.15) is 0 Å². The Bertz CT molecular complexity index is 522. The molecule has 0 amide bonds. The molecule has 0 spiro atoms. The Hall–Kier alpha value is -1.17. The molecular weight excluding hydrogens is 295 g/mol. The Morgan fingerprint density at radius 2 is 2.04 bits per heavy atom. The van der Waals surface area contributed by atoms with E-state index < -0.39 is 11.1 Å². The lowest BCUT2D eigenvalue weighted by Crippen LogP contribution is -2.72. The molecule has 1 aromatic rings. The lowest BCUT2D eigenvalue weighted by Gasteiger charge is -2.56. The Kier molecular flexibility index (Phi) is 4.90. The molecule has 0 bridgehead atoms. The van der Waals surface area contributed by atoms with Crippen LogP contribution in [0, 0.1) is 5.82 Å². The first-order chi connectivity index (χ1) is 11.1. The summed E-state index contributed by atoms with van der Waals surface area (Å²) in [7, 11) is 0. The minimum absolute atomic E-state index is 0.128. The van der Waals surface area contributed by atoms with Gasteiger partial charge in [-0.3, -0.25) is 0 Å². The van der Waals surface area contributed by atoms with E-state index in [0.29, 0.717) is 6.54 Å². The predicted octanol–water partition coefficient (Wildman–Crippen LogP) is 2.68. The van der Waals surface area contributed by atoms with E-state index in [9.17, 15) is 9.50 Å². The van der Waals surface area contributed by atoms with E-state index in [1.54, 1.807) is 12.1 Å². The normalized spacial score (nSPS) is 34.0. The van der Waals surface area contributed by atoms with Crippen molar-refractivity contribution in [2.45, 2.75) is 56.3 Å². The molecule has 1 heterocycles. The van der Waals surface area contributed by atoms with Crippen LogP contribution in [-0.4, -0.2) is 42.0 Å². The highest BCUT2D eigenvalue weighted by atomic mass is 19.1. The molecule has 0 aromatic heterocycles. The third kappa shape index (κ3) is 3.10. The van der Waals surface area contributed by atoms with Crippen LogP contribution >= 0.6 is 0 Å². The highest BCUT2D eigenvalue weighted by molar-refractivity contribution is 5.47. The van der Waals surface area contributed by atoms with Gasteiger partial charge in [0.25, 0.3) is 0 Å². The molecule has 5 heteroatoms. The van der Waals surface area contributed by atoms with Crippen LogP contribution in [0.15, 0.2) is 24.3 Å². The Labute approximate surface area is 137 Å². The van der Waals surface area contributed by atoms with Gasteiger partial charge < -0.3 is 20.5 Å². The number of likely N-dealkylation sites (N-methyl/N-ethyl adjacent to an activating group) is 1. The van der Waals surface area contributed by atoms with E-state index in [-0.39, 0.29) is 11.9 Å². The monoisotopic (exact) mass is 322 g/mol. The zero-order chi connectivity index (χ0) is 16.3. The second-order valence-electron chi connectivity index (χ2n) is 6.77. The van der Waals surface area contributed by atoms with Crippen LogP contribution in [0.1, 0.15) is 39.0 Å². The summed E-state index contributed by atoms with van der Waals surface area (Å²) in [5.41, 5.74) is -0.562. The molecule has 23 heavy (non-hydrogen) atoms. The zero-order valence-electron chi connectivity index (χ0n) is 13.8. The first kappa shape index (κ1) is 16.7. The van der Waals surface area contributed by atoms with Crippen molar-refractivity contribution >= 4 is 5.69 Å². The number of halogens is 1. The van der Waals surface area contributed by atoms with Crippen molar-refractivity contribution in [1.82, 2.24) is 5.32 Å². The van der Waals surface area contributed by atoms with Gasteiger partial charge in [0.2, 0.25) is 0 Å². The Morgan fingerprint density at radius 3 is 2.78 bits per heavy atom. The lowest BCUT2D eigenvalue weighted by molar-refractivity contribution is -0.192. The molecule has 1 aromatic carbocycles. The number of nitrogens with one attached hydrogen (secondary N) is 2. The molecule has 1 saturated heterocycles. The highest BCUT2D eigenvalue weighted by Crippen LogP contribution is 2.45. The molecule has 3 N–H and O–H groups in total. The molecule has 128 valence electrons. The highest BCUT2D eigenvalue weighted by Gasteiger charge is 2.58. The average Bonchev–Trinajstić information content (AvgIpc) is 2.56. The first-order valence-electron chi connectivity index (χ1n) is 8.68. The fourth-order valence-electron chi connectivity index (χ4n) is 4.15. The van der Waals surface area contributed by atoms with Gasteiger partial charge in [0.15, 0.2) is 0 Å². The number of hydrogen-bond acceptors (Lipinski definition) is 4. The zero-order valence-corrected chi connectivity index (χ0v) is 13.8. The summed E-state index contributed by atoms with van der Waals surface area (Å²) < 4.78 is 19.1. The SMILES string of the molecule is CCNC[C@@]1(Nc2ccc(F)cc2)CCC[C@H]2OCCC[C@]21O. The number of ether oxygens (including phenoxy) is 1. The minimum atomic E-state index is -0.903. The lowest BCUT2D eigenvalue weighted by atomic mass is 9.64. The summed E-state index contributed by atoms with van der Waals surface area (Å²) in [6.45, 7) is 4.29. The van der Waals surface area contributed by atoms with Crippen molar-refractivity contribution in [3.05, 3.63) is 30.1 Å². The molecule has 1 saturated carbocycles. The minimum Gasteiger partial charge on any atom is -0.385 e. The van der Waals surface area contributed by atoms with Crippen molar-refractivity contribution < 1.29 is 14.2 Å². The molecule has 2 fully saturated rings. The maximum atomic E-state index is 13.2. The summed E-state index contributed by atoms with van der Waals surface area (Å²) in [4.78, 5) is 0. The second kappa shape index (κ2) is 6.75. The largest absolute Gasteiger partial charge is 0.385 e. The quantitative estimate of drug-likeness (QED) is 0.780. The topological polar surface area (TPSA) is 53.5 Å². The number of hydrogen-bond donors (Lipinski definition) is 3. The second-order valence-corrected chi connectivity index (χ2v) is 6.77.